The van der Waals surface area contributed by atoms with Gasteiger partial charge in [0.2, 0.25) is 5.91 Å². The summed E-state index contributed by atoms with van der Waals surface area (Å²) in [6.45, 7) is 1.45. The number of amides is 1. The Morgan fingerprint density at radius 1 is 1.16 bits per heavy atom. The third-order valence-corrected chi connectivity index (χ3v) is 5.10. The van der Waals surface area contributed by atoms with E-state index in [-0.39, 0.29) is 24.0 Å². The maximum atomic E-state index is 12.5. The number of carbonyl (C=O) groups is 1. The van der Waals surface area contributed by atoms with Crippen LogP contribution in [-0.4, -0.2) is 31.2 Å². The predicted octanol–water partition coefficient (Wildman–Crippen LogP) is 1.44. The van der Waals surface area contributed by atoms with E-state index in [9.17, 15) is 4.79 Å². The Morgan fingerprint density at radius 2 is 1.95 bits per heavy atom. The molecule has 4 atom stereocenters. The molecule has 0 spiro atoms. The molecule has 3 N–H and O–H groups in total. The highest BCUT2D eigenvalue weighted by molar-refractivity contribution is 5.79. The third-order valence-electron chi connectivity index (χ3n) is 5.10. The number of nitrogens with two attached hydrogens (primary N) is 1. The summed E-state index contributed by atoms with van der Waals surface area (Å²) in [5, 5.41) is 3.26. The molecule has 3 aliphatic rings. The first-order valence-corrected chi connectivity index (χ1v) is 7.91. The van der Waals surface area contributed by atoms with E-state index < -0.39 is 0 Å². The molecule has 1 heterocycles. The second-order valence-electron chi connectivity index (χ2n) is 6.46. The number of hydrogen-bond donors (Lipinski definition) is 2. The van der Waals surface area contributed by atoms with E-state index >= 15 is 0 Å². The molecular formula is C15H26N2O2. The van der Waals surface area contributed by atoms with E-state index in [1.807, 2.05) is 0 Å². The lowest BCUT2D eigenvalue weighted by Gasteiger charge is -2.31. The molecule has 0 radical (unpaired) electrons. The zero-order chi connectivity index (χ0) is 13.2. The van der Waals surface area contributed by atoms with Gasteiger partial charge in [-0.3, -0.25) is 4.79 Å². The zero-order valence-corrected chi connectivity index (χ0v) is 11.6. The van der Waals surface area contributed by atoms with E-state index in [1.165, 1.54) is 25.7 Å². The molecule has 19 heavy (non-hydrogen) atoms. The van der Waals surface area contributed by atoms with Crippen LogP contribution in [0.5, 0.6) is 0 Å². The van der Waals surface area contributed by atoms with Crippen LogP contribution in [0, 0.1) is 17.8 Å². The van der Waals surface area contributed by atoms with Crippen molar-refractivity contribution >= 4 is 5.91 Å². The summed E-state index contributed by atoms with van der Waals surface area (Å²) in [5.41, 5.74) is 5.82. The van der Waals surface area contributed by atoms with E-state index in [4.69, 9.17) is 10.5 Å². The van der Waals surface area contributed by atoms with Gasteiger partial charge in [0.15, 0.2) is 0 Å². The Hall–Kier alpha value is -0.610. The van der Waals surface area contributed by atoms with E-state index in [0.717, 1.165) is 25.9 Å². The standard InChI is InChI=1S/C15H26N2O2/c16-9-11-3-1-2-4-12(11)15(18)17-13-7-8-19-14(13)10-5-6-10/h10-14H,1-9,16H2,(H,17,18). The van der Waals surface area contributed by atoms with Crippen LogP contribution in [0.1, 0.15) is 44.9 Å². The lowest BCUT2D eigenvalue weighted by Crippen LogP contribution is -2.47. The van der Waals surface area contributed by atoms with Crippen molar-refractivity contribution < 1.29 is 9.53 Å². The third kappa shape index (κ3) is 2.95. The van der Waals surface area contributed by atoms with Gasteiger partial charge in [-0.15, -0.1) is 0 Å². The van der Waals surface area contributed by atoms with E-state index in [1.54, 1.807) is 0 Å². The van der Waals surface area contributed by atoms with Crippen molar-refractivity contribution in [2.24, 2.45) is 23.5 Å². The molecule has 3 rings (SSSR count). The molecule has 4 nitrogen and oxygen atoms in total. The SMILES string of the molecule is NCC1CCCCC1C(=O)NC1CCOC1C1CC1. The summed E-state index contributed by atoms with van der Waals surface area (Å²) >= 11 is 0. The van der Waals surface area contributed by atoms with Crippen molar-refractivity contribution in [3.05, 3.63) is 0 Å². The highest BCUT2D eigenvalue weighted by Crippen LogP contribution is 2.39. The van der Waals surface area contributed by atoms with Crippen molar-refractivity contribution in [1.82, 2.24) is 5.32 Å². The maximum absolute atomic E-state index is 12.5. The van der Waals surface area contributed by atoms with Crippen molar-refractivity contribution in [3.8, 4) is 0 Å². The molecule has 3 fully saturated rings. The Kier molecular flexibility index (Phi) is 4.08. The number of nitrogens with one attached hydrogen (secondary N) is 1. The Labute approximate surface area is 115 Å². The molecular weight excluding hydrogens is 240 g/mol. The zero-order valence-electron chi connectivity index (χ0n) is 11.6. The minimum absolute atomic E-state index is 0.138. The summed E-state index contributed by atoms with van der Waals surface area (Å²) in [7, 11) is 0. The summed E-state index contributed by atoms with van der Waals surface area (Å²) in [5.74, 6) is 1.45. The van der Waals surface area contributed by atoms with Gasteiger partial charge in [-0.1, -0.05) is 12.8 Å². The van der Waals surface area contributed by atoms with Gasteiger partial charge in [0.1, 0.15) is 0 Å². The fraction of sp³-hybridized carbons (Fsp3) is 0.933. The largest absolute Gasteiger partial charge is 0.376 e. The molecule has 0 aromatic carbocycles. The average molecular weight is 266 g/mol. The minimum Gasteiger partial charge on any atom is -0.376 e. The average Bonchev–Trinajstić information content (AvgIpc) is 3.19. The molecule has 2 aliphatic carbocycles. The molecule has 4 unspecified atom stereocenters. The molecule has 0 bridgehead atoms. The van der Waals surface area contributed by atoms with Crippen LogP contribution in [0.3, 0.4) is 0 Å². The van der Waals surface area contributed by atoms with Crippen molar-refractivity contribution in [1.29, 1.82) is 0 Å². The van der Waals surface area contributed by atoms with E-state index in [0.29, 0.717) is 18.4 Å². The highest BCUT2D eigenvalue weighted by Gasteiger charge is 2.42. The molecule has 0 aromatic heterocycles. The highest BCUT2D eigenvalue weighted by atomic mass is 16.5. The van der Waals surface area contributed by atoms with E-state index in [2.05, 4.69) is 5.32 Å². The molecule has 4 heteroatoms. The lowest BCUT2D eigenvalue weighted by atomic mass is 9.78. The van der Waals surface area contributed by atoms with Crippen LogP contribution in [-0.2, 0) is 9.53 Å². The van der Waals surface area contributed by atoms with Gasteiger partial charge >= 0.3 is 0 Å². The van der Waals surface area contributed by atoms with Gasteiger partial charge in [-0.25, -0.2) is 0 Å². The second-order valence-corrected chi connectivity index (χ2v) is 6.46. The van der Waals surface area contributed by atoms with Crippen LogP contribution in [0.15, 0.2) is 0 Å². The molecule has 1 saturated heterocycles. The van der Waals surface area contributed by atoms with Crippen LogP contribution >= 0.6 is 0 Å². The maximum Gasteiger partial charge on any atom is 0.223 e. The topological polar surface area (TPSA) is 64.4 Å². The minimum atomic E-state index is 0.138. The number of hydrogen-bond acceptors (Lipinski definition) is 3. The van der Waals surface area contributed by atoms with Crippen LogP contribution in [0.25, 0.3) is 0 Å². The van der Waals surface area contributed by atoms with Crippen molar-refractivity contribution in [3.63, 3.8) is 0 Å². The first-order chi connectivity index (χ1) is 9.29. The Balaban J connectivity index is 1.57. The van der Waals surface area contributed by atoms with Gasteiger partial charge in [0.25, 0.3) is 0 Å². The number of ether oxygens (including phenoxy) is 1. The van der Waals surface area contributed by atoms with Gasteiger partial charge in [-0.05, 0) is 50.5 Å². The van der Waals surface area contributed by atoms with Crippen LogP contribution < -0.4 is 11.1 Å². The Morgan fingerprint density at radius 3 is 2.68 bits per heavy atom. The lowest BCUT2D eigenvalue weighted by molar-refractivity contribution is -0.128. The van der Waals surface area contributed by atoms with Gasteiger partial charge in [0.05, 0.1) is 12.1 Å². The fourth-order valence-electron chi connectivity index (χ4n) is 3.78. The van der Waals surface area contributed by atoms with Gasteiger partial charge in [0, 0.05) is 12.5 Å². The summed E-state index contributed by atoms with van der Waals surface area (Å²) < 4.78 is 5.79. The van der Waals surface area contributed by atoms with Crippen LogP contribution in [0.2, 0.25) is 0 Å². The monoisotopic (exact) mass is 266 g/mol. The number of rotatable bonds is 4. The van der Waals surface area contributed by atoms with Crippen LogP contribution in [0.4, 0.5) is 0 Å². The predicted molar refractivity (Wildman–Crippen MR) is 73.5 cm³/mol. The first kappa shape index (κ1) is 13.4. The summed E-state index contributed by atoms with van der Waals surface area (Å²) in [6, 6.07) is 0.250. The summed E-state index contributed by atoms with van der Waals surface area (Å²) in [4.78, 5) is 12.5. The molecule has 1 amide bonds. The smallest absolute Gasteiger partial charge is 0.223 e. The van der Waals surface area contributed by atoms with Crippen molar-refractivity contribution in [2.45, 2.75) is 57.1 Å². The quantitative estimate of drug-likeness (QED) is 0.809. The van der Waals surface area contributed by atoms with Gasteiger partial charge in [-0.2, -0.15) is 0 Å². The molecule has 0 aromatic rings. The second kappa shape index (κ2) is 5.80. The fourth-order valence-corrected chi connectivity index (χ4v) is 3.78. The molecule has 2 saturated carbocycles. The first-order valence-electron chi connectivity index (χ1n) is 7.91. The van der Waals surface area contributed by atoms with Gasteiger partial charge < -0.3 is 15.8 Å². The molecule has 108 valence electrons. The normalized spacial score (nSPS) is 39.2. The summed E-state index contributed by atoms with van der Waals surface area (Å²) in [6.07, 6.45) is 8.32. The Bertz CT molecular complexity index is 330. The van der Waals surface area contributed by atoms with Crippen molar-refractivity contribution in [2.75, 3.05) is 13.2 Å². The number of carbonyl (C=O) groups excluding carboxylic acids is 1. The molecule has 1 aliphatic heterocycles.